The fourth-order valence-corrected chi connectivity index (χ4v) is 4.78. The number of ether oxygens (including phenoxy) is 1. The van der Waals surface area contributed by atoms with Crippen LogP contribution in [-0.4, -0.2) is 64.9 Å². The summed E-state index contributed by atoms with van der Waals surface area (Å²) in [7, 11) is 1.58. The second-order valence-electron chi connectivity index (χ2n) is 7.44. The minimum Gasteiger partial charge on any atom is -0.503 e. The Morgan fingerprint density at radius 1 is 1.23 bits per heavy atom. The molecule has 31 heavy (non-hydrogen) atoms. The molecule has 8 heteroatoms. The molecule has 0 fully saturated rings. The highest BCUT2D eigenvalue weighted by atomic mass is 32.1. The van der Waals surface area contributed by atoms with Crippen molar-refractivity contribution in [2.45, 2.75) is 33.7 Å². The van der Waals surface area contributed by atoms with E-state index in [4.69, 9.17) is 4.74 Å². The summed E-state index contributed by atoms with van der Waals surface area (Å²) in [6, 6.07) is 6.59. The molecule has 0 radical (unpaired) electrons. The van der Waals surface area contributed by atoms with Crippen LogP contribution in [0.5, 0.6) is 5.75 Å². The number of carbonyl (C=O) groups excluding carboxylic acids is 2. The molecule has 0 bridgehead atoms. The van der Waals surface area contributed by atoms with Crippen molar-refractivity contribution in [1.29, 1.82) is 0 Å². The van der Waals surface area contributed by atoms with Crippen LogP contribution in [0, 0.1) is 13.8 Å². The molecule has 1 unspecified atom stereocenters. The molecule has 1 atom stereocenters. The number of thiazole rings is 1. The maximum Gasteiger partial charge on any atom is 0.290 e. The summed E-state index contributed by atoms with van der Waals surface area (Å²) in [6.07, 6.45) is 0. The van der Waals surface area contributed by atoms with Crippen LogP contribution in [0.15, 0.2) is 35.6 Å². The van der Waals surface area contributed by atoms with Gasteiger partial charge in [-0.05, 0) is 44.6 Å². The first-order chi connectivity index (χ1) is 14.8. The van der Waals surface area contributed by atoms with Crippen molar-refractivity contribution in [3.05, 3.63) is 56.7 Å². The van der Waals surface area contributed by atoms with Crippen molar-refractivity contribution in [1.82, 2.24) is 14.8 Å². The summed E-state index contributed by atoms with van der Waals surface area (Å²) in [4.78, 5) is 35.1. The summed E-state index contributed by atoms with van der Waals surface area (Å²) in [5.41, 5.74) is 1.47. The molecule has 0 spiro atoms. The van der Waals surface area contributed by atoms with E-state index >= 15 is 0 Å². The summed E-state index contributed by atoms with van der Waals surface area (Å²) >= 11 is 1.28. The summed E-state index contributed by atoms with van der Waals surface area (Å²) in [5.74, 6) is -0.663. The first kappa shape index (κ1) is 23.0. The average Bonchev–Trinajstić information content (AvgIpc) is 3.24. The van der Waals surface area contributed by atoms with Gasteiger partial charge in [-0.2, -0.15) is 0 Å². The Hall–Kier alpha value is -2.71. The second-order valence-corrected chi connectivity index (χ2v) is 8.64. The third-order valence-corrected chi connectivity index (χ3v) is 6.71. The predicted molar refractivity (Wildman–Crippen MR) is 121 cm³/mol. The molecule has 7 nitrogen and oxygen atoms in total. The van der Waals surface area contributed by atoms with Crippen LogP contribution < -0.4 is 4.74 Å². The van der Waals surface area contributed by atoms with E-state index < -0.39 is 17.7 Å². The molecule has 1 aromatic carbocycles. The third-order valence-electron chi connectivity index (χ3n) is 5.64. The highest BCUT2D eigenvalue weighted by Crippen LogP contribution is 2.40. The Bertz CT molecular complexity index is 993. The lowest BCUT2D eigenvalue weighted by Gasteiger charge is -2.29. The van der Waals surface area contributed by atoms with Gasteiger partial charge in [0.25, 0.3) is 5.91 Å². The van der Waals surface area contributed by atoms with Crippen molar-refractivity contribution >= 4 is 23.0 Å². The van der Waals surface area contributed by atoms with E-state index in [2.05, 4.69) is 23.7 Å². The van der Waals surface area contributed by atoms with Gasteiger partial charge in [0, 0.05) is 13.1 Å². The lowest BCUT2D eigenvalue weighted by Crippen LogP contribution is -2.38. The lowest BCUT2D eigenvalue weighted by molar-refractivity contribution is -0.129. The van der Waals surface area contributed by atoms with Gasteiger partial charge < -0.3 is 19.6 Å². The number of aromatic nitrogens is 1. The van der Waals surface area contributed by atoms with Gasteiger partial charge in [0.15, 0.2) is 5.76 Å². The van der Waals surface area contributed by atoms with Crippen molar-refractivity contribution in [3.63, 3.8) is 0 Å². The van der Waals surface area contributed by atoms with Crippen LogP contribution in [0.2, 0.25) is 0 Å². The summed E-state index contributed by atoms with van der Waals surface area (Å²) < 4.78 is 5.25. The molecule has 3 rings (SSSR count). The van der Waals surface area contributed by atoms with Crippen LogP contribution in [0.25, 0.3) is 0 Å². The number of aliphatic hydroxyl groups is 1. The molecule has 166 valence electrons. The van der Waals surface area contributed by atoms with Crippen molar-refractivity contribution in [3.8, 4) is 5.75 Å². The van der Waals surface area contributed by atoms with Gasteiger partial charge in [0.05, 0.1) is 34.3 Å². The summed E-state index contributed by atoms with van der Waals surface area (Å²) in [5, 5.41) is 11.6. The van der Waals surface area contributed by atoms with Crippen LogP contribution >= 0.6 is 11.3 Å². The zero-order chi connectivity index (χ0) is 22.7. The number of rotatable bonds is 9. The minimum absolute atomic E-state index is 0.112. The monoisotopic (exact) mass is 443 g/mol. The third kappa shape index (κ3) is 4.50. The molecule has 1 amide bonds. The molecular weight excluding hydrogens is 414 g/mol. The SMILES string of the molecule is CCN(CC)CCN1C(=O)C(O)=C(C(=O)c2sc(C)nc2C)C1c1ccc(OC)cc1. The van der Waals surface area contributed by atoms with E-state index in [1.54, 1.807) is 31.1 Å². The molecule has 0 saturated carbocycles. The van der Waals surface area contributed by atoms with Crippen molar-refractivity contribution in [2.75, 3.05) is 33.3 Å². The van der Waals surface area contributed by atoms with Gasteiger partial charge in [-0.3, -0.25) is 9.59 Å². The molecule has 1 aromatic heterocycles. The first-order valence-electron chi connectivity index (χ1n) is 10.4. The van der Waals surface area contributed by atoms with E-state index in [-0.39, 0.29) is 11.4 Å². The van der Waals surface area contributed by atoms with Crippen molar-refractivity contribution < 1.29 is 19.4 Å². The van der Waals surface area contributed by atoms with Crippen LogP contribution in [-0.2, 0) is 4.79 Å². The van der Waals surface area contributed by atoms with E-state index in [9.17, 15) is 14.7 Å². The fourth-order valence-electron chi connectivity index (χ4n) is 3.90. The number of methoxy groups -OCH3 is 1. The van der Waals surface area contributed by atoms with Crippen molar-refractivity contribution in [2.24, 2.45) is 0 Å². The molecule has 2 aromatic rings. The Kier molecular flexibility index (Phi) is 7.12. The lowest BCUT2D eigenvalue weighted by atomic mass is 9.95. The number of benzene rings is 1. The quantitative estimate of drug-likeness (QED) is 0.595. The highest BCUT2D eigenvalue weighted by Gasteiger charge is 2.44. The summed E-state index contributed by atoms with van der Waals surface area (Å²) in [6.45, 7) is 10.5. The van der Waals surface area contributed by atoms with Gasteiger partial charge in [0.2, 0.25) is 5.78 Å². The number of aliphatic hydroxyl groups excluding tert-OH is 1. The molecule has 1 N–H and O–H groups in total. The Morgan fingerprint density at radius 3 is 2.39 bits per heavy atom. The maximum absolute atomic E-state index is 13.5. The maximum atomic E-state index is 13.5. The van der Waals surface area contributed by atoms with Gasteiger partial charge in [0.1, 0.15) is 5.75 Å². The molecule has 1 aliphatic heterocycles. The predicted octanol–water partition coefficient (Wildman–Crippen LogP) is 3.69. The largest absolute Gasteiger partial charge is 0.503 e. The van der Waals surface area contributed by atoms with Gasteiger partial charge in [-0.1, -0.05) is 26.0 Å². The van der Waals surface area contributed by atoms with Gasteiger partial charge >= 0.3 is 0 Å². The van der Waals surface area contributed by atoms with E-state index in [1.807, 2.05) is 19.1 Å². The van der Waals surface area contributed by atoms with Gasteiger partial charge in [-0.15, -0.1) is 11.3 Å². The standard InChI is InChI=1S/C23H29N3O4S/c1-6-25(7-2)12-13-26-19(16-8-10-17(30-5)11-9-16)18(21(28)23(26)29)20(27)22-14(3)24-15(4)31-22/h8-11,19,28H,6-7,12-13H2,1-5H3. The number of carbonyl (C=O) groups is 2. The molecular formula is C23H29N3O4S. The number of aryl methyl sites for hydroxylation is 2. The minimum atomic E-state index is -0.664. The Balaban J connectivity index is 2.04. The van der Waals surface area contributed by atoms with E-state index in [0.717, 1.165) is 23.7 Å². The number of nitrogens with zero attached hydrogens (tertiary/aromatic N) is 3. The number of amides is 1. The van der Waals surface area contributed by atoms with E-state index in [1.165, 1.54) is 11.3 Å². The van der Waals surface area contributed by atoms with Crippen LogP contribution in [0.1, 0.15) is 45.8 Å². The van der Waals surface area contributed by atoms with Crippen LogP contribution in [0.4, 0.5) is 0 Å². The topological polar surface area (TPSA) is 83.0 Å². The number of hydrogen-bond acceptors (Lipinski definition) is 7. The Labute approximate surface area is 187 Å². The zero-order valence-electron chi connectivity index (χ0n) is 18.6. The normalized spacial score (nSPS) is 16.5. The van der Waals surface area contributed by atoms with E-state index in [0.29, 0.717) is 29.4 Å². The smallest absolute Gasteiger partial charge is 0.290 e. The van der Waals surface area contributed by atoms with Gasteiger partial charge in [-0.25, -0.2) is 4.98 Å². The molecule has 1 aliphatic rings. The molecule has 2 heterocycles. The average molecular weight is 444 g/mol. The highest BCUT2D eigenvalue weighted by molar-refractivity contribution is 7.14. The molecule has 0 aliphatic carbocycles. The number of ketones is 1. The van der Waals surface area contributed by atoms with Crippen LogP contribution in [0.3, 0.4) is 0 Å². The zero-order valence-corrected chi connectivity index (χ0v) is 19.5. The second kappa shape index (κ2) is 9.62. The first-order valence-corrected chi connectivity index (χ1v) is 11.2. The number of hydrogen-bond donors (Lipinski definition) is 1. The Morgan fingerprint density at radius 2 is 1.87 bits per heavy atom. The molecule has 0 saturated heterocycles. The number of likely N-dealkylation sites (N-methyl/N-ethyl adjacent to an activating group) is 1. The number of Topliss-reactive ketones (excluding diaryl/α,β-unsaturated/α-hetero) is 1. The fraction of sp³-hybridized carbons (Fsp3) is 0.435.